The van der Waals surface area contributed by atoms with Crippen molar-refractivity contribution >= 4 is 18.3 Å². The molecule has 2 aromatic rings. The minimum atomic E-state index is -4.66. The Morgan fingerprint density at radius 2 is 1.83 bits per heavy atom. The zero-order valence-corrected chi connectivity index (χ0v) is 16.4. The van der Waals surface area contributed by atoms with Crippen LogP contribution in [0.25, 0.3) is 0 Å². The molecule has 1 aliphatic heterocycles. The maximum Gasteiger partial charge on any atom is 0.451 e. The van der Waals surface area contributed by atoms with Gasteiger partial charge in [0.1, 0.15) is 5.82 Å². The minimum Gasteiger partial charge on any atom is -0.331 e. The predicted octanol–water partition coefficient (Wildman–Crippen LogP) is 2.83. The molecule has 166 valence electrons. The van der Waals surface area contributed by atoms with Gasteiger partial charge in [-0.15, -0.1) is 22.6 Å². The smallest absolute Gasteiger partial charge is 0.331 e. The Kier molecular flexibility index (Phi) is 7.02. The predicted molar refractivity (Wildman–Crippen MR) is 94.9 cm³/mol. The summed E-state index contributed by atoms with van der Waals surface area (Å²) in [5.41, 5.74) is 5.68. The summed E-state index contributed by atoms with van der Waals surface area (Å²) in [6, 6.07) is -0.407. The van der Waals surface area contributed by atoms with Crippen LogP contribution in [-0.2, 0) is 30.5 Å². The standard InChI is InChI=1S/C17H17F6N5O.ClH/c1-8-6-28-14(25-26-16(28)17(21,22)23)7-27(8)15(29)4-10(24)2-9-3-12(19)13(20)5-11(9)18;/h3,5,8,10H,2,4,6-7,24H2,1H3;1H/t8-,10-;/m1./s1. The average Bonchev–Trinajstić information content (AvgIpc) is 3.01. The zero-order valence-electron chi connectivity index (χ0n) is 15.6. The fourth-order valence-corrected chi connectivity index (χ4v) is 3.28. The fraction of sp³-hybridized carbons (Fsp3) is 0.471. The second-order valence-electron chi connectivity index (χ2n) is 6.94. The third-order valence-corrected chi connectivity index (χ3v) is 4.70. The van der Waals surface area contributed by atoms with Crippen LogP contribution >= 0.6 is 12.4 Å². The van der Waals surface area contributed by atoms with Crippen molar-refractivity contribution in [2.45, 2.75) is 51.1 Å². The van der Waals surface area contributed by atoms with Crippen LogP contribution in [0.3, 0.4) is 0 Å². The Balaban J connectivity index is 0.00000320. The molecule has 0 radical (unpaired) electrons. The van der Waals surface area contributed by atoms with Gasteiger partial charge in [0.2, 0.25) is 11.7 Å². The van der Waals surface area contributed by atoms with Crippen molar-refractivity contribution in [3.8, 4) is 0 Å². The summed E-state index contributed by atoms with van der Waals surface area (Å²) >= 11 is 0. The maximum atomic E-state index is 13.7. The first kappa shape index (κ1) is 23.9. The van der Waals surface area contributed by atoms with Gasteiger partial charge in [-0.2, -0.15) is 13.2 Å². The molecule has 1 aromatic heterocycles. The summed E-state index contributed by atoms with van der Waals surface area (Å²) in [6.07, 6.45) is -5.14. The van der Waals surface area contributed by atoms with Crippen molar-refractivity contribution < 1.29 is 31.1 Å². The van der Waals surface area contributed by atoms with Crippen LogP contribution in [0.15, 0.2) is 12.1 Å². The van der Waals surface area contributed by atoms with Crippen LogP contribution < -0.4 is 5.73 Å². The normalized spacial score (nSPS) is 17.3. The van der Waals surface area contributed by atoms with Gasteiger partial charge in [0.15, 0.2) is 17.5 Å². The number of carbonyl (C=O) groups is 1. The average molecular weight is 458 g/mol. The molecule has 1 aromatic carbocycles. The van der Waals surface area contributed by atoms with Crippen molar-refractivity contribution in [3.63, 3.8) is 0 Å². The van der Waals surface area contributed by atoms with E-state index in [-0.39, 0.29) is 49.7 Å². The number of hydrogen-bond acceptors (Lipinski definition) is 4. The highest BCUT2D eigenvalue weighted by atomic mass is 35.5. The topological polar surface area (TPSA) is 77.0 Å². The van der Waals surface area contributed by atoms with E-state index in [1.165, 1.54) is 4.90 Å². The van der Waals surface area contributed by atoms with Crippen LogP contribution in [0.2, 0.25) is 0 Å². The van der Waals surface area contributed by atoms with Crippen molar-refractivity contribution in [3.05, 3.63) is 46.8 Å². The van der Waals surface area contributed by atoms with E-state index < -0.39 is 47.4 Å². The largest absolute Gasteiger partial charge is 0.451 e. The molecule has 0 saturated heterocycles. The summed E-state index contributed by atoms with van der Waals surface area (Å²) in [6.45, 7) is 1.24. The first-order valence-corrected chi connectivity index (χ1v) is 8.65. The van der Waals surface area contributed by atoms with Gasteiger partial charge in [0.05, 0.1) is 6.54 Å². The van der Waals surface area contributed by atoms with E-state index >= 15 is 0 Å². The Bertz CT molecular complexity index is 934. The van der Waals surface area contributed by atoms with E-state index in [1.54, 1.807) is 6.92 Å². The molecule has 0 bridgehead atoms. The number of rotatable bonds is 4. The third-order valence-electron chi connectivity index (χ3n) is 4.70. The van der Waals surface area contributed by atoms with Crippen molar-refractivity contribution in [2.75, 3.05) is 0 Å². The number of nitrogens with two attached hydrogens (primary N) is 1. The van der Waals surface area contributed by atoms with Gasteiger partial charge >= 0.3 is 6.18 Å². The fourth-order valence-electron chi connectivity index (χ4n) is 3.28. The lowest BCUT2D eigenvalue weighted by molar-refractivity contribution is -0.148. The quantitative estimate of drug-likeness (QED) is 0.566. The number of fused-ring (bicyclic) bond motifs is 1. The highest BCUT2D eigenvalue weighted by Gasteiger charge is 2.41. The van der Waals surface area contributed by atoms with Gasteiger partial charge in [0, 0.05) is 31.1 Å². The number of benzene rings is 1. The van der Waals surface area contributed by atoms with Gasteiger partial charge in [-0.05, 0) is 25.0 Å². The molecule has 1 aliphatic rings. The molecule has 3 rings (SSSR count). The summed E-state index contributed by atoms with van der Waals surface area (Å²) in [4.78, 5) is 13.9. The van der Waals surface area contributed by atoms with Crippen molar-refractivity contribution in [2.24, 2.45) is 5.73 Å². The number of carbonyl (C=O) groups excluding carboxylic acids is 1. The third kappa shape index (κ3) is 4.86. The molecule has 0 spiro atoms. The van der Waals surface area contributed by atoms with Crippen molar-refractivity contribution in [1.29, 1.82) is 0 Å². The monoisotopic (exact) mass is 457 g/mol. The molecular formula is C17H18ClF6N5O. The lowest BCUT2D eigenvalue weighted by atomic mass is 10.0. The van der Waals surface area contributed by atoms with E-state index in [2.05, 4.69) is 10.2 Å². The molecule has 2 atom stereocenters. The molecule has 2 heterocycles. The zero-order chi connectivity index (χ0) is 21.5. The molecule has 0 fully saturated rings. The molecule has 1 amide bonds. The van der Waals surface area contributed by atoms with Gasteiger partial charge in [0.25, 0.3) is 0 Å². The number of amides is 1. The van der Waals surface area contributed by atoms with E-state index in [4.69, 9.17) is 5.73 Å². The molecular weight excluding hydrogens is 440 g/mol. The first-order valence-electron chi connectivity index (χ1n) is 8.65. The van der Waals surface area contributed by atoms with Crippen molar-refractivity contribution in [1.82, 2.24) is 19.7 Å². The summed E-state index contributed by atoms with van der Waals surface area (Å²) in [7, 11) is 0. The number of halogens is 7. The summed E-state index contributed by atoms with van der Waals surface area (Å²) < 4.78 is 79.8. The molecule has 0 unspecified atom stereocenters. The molecule has 6 nitrogen and oxygen atoms in total. The summed E-state index contributed by atoms with van der Waals surface area (Å²) in [5.74, 6) is -5.16. The van der Waals surface area contributed by atoms with Gasteiger partial charge in [-0.25, -0.2) is 13.2 Å². The number of alkyl halides is 3. The van der Waals surface area contributed by atoms with Crippen LogP contribution in [0.5, 0.6) is 0 Å². The molecule has 0 saturated carbocycles. The molecule has 30 heavy (non-hydrogen) atoms. The van der Waals surface area contributed by atoms with Crippen LogP contribution in [0.4, 0.5) is 26.3 Å². The van der Waals surface area contributed by atoms with Gasteiger partial charge in [-0.3, -0.25) is 4.79 Å². The first-order chi connectivity index (χ1) is 13.5. The summed E-state index contributed by atoms with van der Waals surface area (Å²) in [5, 5.41) is 6.66. The second kappa shape index (κ2) is 8.80. The molecule has 0 aliphatic carbocycles. The lowest BCUT2D eigenvalue weighted by Crippen LogP contribution is -2.47. The van der Waals surface area contributed by atoms with Gasteiger partial charge < -0.3 is 15.2 Å². The lowest BCUT2D eigenvalue weighted by Gasteiger charge is -2.34. The Labute approximate surface area is 173 Å². The van der Waals surface area contributed by atoms with Gasteiger partial charge in [-0.1, -0.05) is 0 Å². The van der Waals surface area contributed by atoms with E-state index in [0.29, 0.717) is 12.1 Å². The minimum absolute atomic E-state index is 0. The maximum absolute atomic E-state index is 13.7. The SMILES string of the molecule is C[C@@H]1Cn2c(nnc2C(F)(F)F)CN1C(=O)C[C@H](N)Cc1cc(F)c(F)cc1F.Cl. The highest BCUT2D eigenvalue weighted by Crippen LogP contribution is 2.30. The Morgan fingerprint density at radius 3 is 2.47 bits per heavy atom. The number of hydrogen-bond donors (Lipinski definition) is 1. The van der Waals surface area contributed by atoms with Crippen LogP contribution in [0, 0.1) is 17.5 Å². The molecule has 13 heteroatoms. The van der Waals surface area contributed by atoms with E-state index in [1.807, 2.05) is 0 Å². The van der Waals surface area contributed by atoms with E-state index in [0.717, 1.165) is 4.57 Å². The number of aromatic nitrogens is 3. The number of nitrogens with zero attached hydrogens (tertiary/aromatic N) is 4. The van der Waals surface area contributed by atoms with Crippen LogP contribution in [0.1, 0.15) is 30.6 Å². The Hall–Kier alpha value is -2.34. The Morgan fingerprint density at radius 1 is 1.20 bits per heavy atom. The van der Waals surface area contributed by atoms with E-state index in [9.17, 15) is 31.1 Å². The molecule has 2 N–H and O–H groups in total. The highest BCUT2D eigenvalue weighted by molar-refractivity contribution is 5.85. The van der Waals surface area contributed by atoms with Crippen LogP contribution in [-0.4, -0.2) is 37.7 Å². The second-order valence-corrected chi connectivity index (χ2v) is 6.94.